The molecule has 0 saturated carbocycles. The molecule has 0 saturated heterocycles. The van der Waals surface area contributed by atoms with Crippen LogP contribution in [-0.4, -0.2) is 255 Å². The lowest BCUT2D eigenvalue weighted by Crippen LogP contribution is -2.18. The Labute approximate surface area is 603 Å². The van der Waals surface area contributed by atoms with E-state index in [1.165, 1.54) is 205 Å². The van der Waals surface area contributed by atoms with Crippen LogP contribution in [0.25, 0.3) is 0 Å². The number of unbranched alkanes of at least 4 members (excludes halogenated alkanes) is 28. The monoisotopic (exact) mass is 1450 g/mol. The van der Waals surface area contributed by atoms with Crippen molar-refractivity contribution >= 4 is 33.9 Å². The molecule has 2 atom stereocenters. The SMILES string of the molecule is CCCCCCCCCCCCCCCCCC(C)SCCOCCOCCOCCOCCOCCOCCOCCOCCOS(=O)(=O)OCCOCCOCCOCCOCCOCCOCCOCCOCCSC(C)CCCCCCCCCCCCCCCCC. The molecule has 0 radical (unpaired) electrons. The van der Waals surface area contributed by atoms with Crippen LogP contribution in [0.2, 0.25) is 0 Å². The standard InChI is InChI=1S/C74H150O20S3/c1-5-7-9-11-13-15-17-19-21-23-25-27-29-31-33-35-73(3)95-71-69-91-63-61-87-55-53-83-47-45-79-39-37-77-41-43-81-49-51-85-57-59-89-65-67-93-97(75,76)94-68-66-90-60-58-86-52-50-82-44-42-78-38-40-80-46-48-84-54-56-88-62-64-92-70-72-96-74(4)36-34-32-30-28-26-24-22-20-18-16-14-12-10-8-6-2/h73-74H,5-72H2,1-4H3. The molecule has 0 fully saturated rings. The minimum atomic E-state index is -4.17. The van der Waals surface area contributed by atoms with Crippen molar-refractivity contribution in [3.05, 3.63) is 0 Å². The second-order valence-corrected chi connectivity index (χ2v) is 29.1. The van der Waals surface area contributed by atoms with Crippen LogP contribution < -0.4 is 0 Å². The Morgan fingerprint density at radius 2 is 0.351 bits per heavy atom. The quantitative estimate of drug-likeness (QED) is 0.0520. The molecule has 0 aromatic rings. The fourth-order valence-corrected chi connectivity index (χ4v) is 12.6. The molecule has 0 aliphatic heterocycles. The molecule has 0 rings (SSSR count). The van der Waals surface area contributed by atoms with Gasteiger partial charge in [0.25, 0.3) is 0 Å². The van der Waals surface area contributed by atoms with Gasteiger partial charge in [-0.15, -0.1) is 0 Å². The van der Waals surface area contributed by atoms with Crippen LogP contribution in [0.5, 0.6) is 0 Å². The van der Waals surface area contributed by atoms with Crippen LogP contribution in [0, 0.1) is 0 Å². The molecular formula is C74H150O20S3. The van der Waals surface area contributed by atoms with E-state index < -0.39 is 10.4 Å². The first-order valence-corrected chi connectivity index (χ1v) is 42.3. The smallest absolute Gasteiger partial charge is 0.378 e. The largest absolute Gasteiger partial charge is 0.400 e. The van der Waals surface area contributed by atoms with Gasteiger partial charge in [-0.05, 0) is 12.8 Å². The van der Waals surface area contributed by atoms with Gasteiger partial charge in [-0.25, -0.2) is 8.37 Å². The van der Waals surface area contributed by atoms with Crippen LogP contribution in [0.4, 0.5) is 0 Å². The van der Waals surface area contributed by atoms with Gasteiger partial charge in [0.05, 0.1) is 225 Å². The molecule has 0 bridgehead atoms. The normalized spacial score (nSPS) is 12.7. The molecule has 0 aromatic carbocycles. The van der Waals surface area contributed by atoms with E-state index in [9.17, 15) is 8.42 Å². The van der Waals surface area contributed by atoms with E-state index in [-0.39, 0.29) is 39.6 Å². The molecule has 0 spiro atoms. The summed E-state index contributed by atoms with van der Waals surface area (Å²) < 4.78 is 122. The van der Waals surface area contributed by atoms with Gasteiger partial charge in [0, 0.05) is 22.0 Å². The molecular weight excluding hydrogens is 1300 g/mol. The zero-order chi connectivity index (χ0) is 69.9. The highest BCUT2D eigenvalue weighted by molar-refractivity contribution is 8.00. The first-order chi connectivity index (χ1) is 47.9. The Hall–Kier alpha value is -0.0700. The van der Waals surface area contributed by atoms with Gasteiger partial charge < -0.3 is 75.8 Å². The summed E-state index contributed by atoms with van der Waals surface area (Å²) in [6.07, 6.45) is 45.0. The molecule has 0 aliphatic rings. The highest BCUT2D eigenvalue weighted by Crippen LogP contribution is 2.21. The third-order valence-electron chi connectivity index (χ3n) is 15.8. The van der Waals surface area contributed by atoms with Crippen molar-refractivity contribution in [2.75, 3.05) is 236 Å². The number of hydrogen-bond acceptors (Lipinski definition) is 22. The summed E-state index contributed by atoms with van der Waals surface area (Å²) >= 11 is 4.04. The summed E-state index contributed by atoms with van der Waals surface area (Å²) in [5.41, 5.74) is 0. The Kier molecular flexibility index (Phi) is 86.5. The van der Waals surface area contributed by atoms with Crippen LogP contribution in [0.1, 0.15) is 233 Å². The minimum Gasteiger partial charge on any atom is -0.378 e. The second kappa shape index (κ2) is 86.6. The number of thioether (sulfide) groups is 2. The van der Waals surface area contributed by atoms with Crippen molar-refractivity contribution in [3.63, 3.8) is 0 Å². The Morgan fingerprint density at radius 3 is 0.526 bits per heavy atom. The second-order valence-electron chi connectivity index (χ2n) is 24.7. The van der Waals surface area contributed by atoms with Crippen molar-refractivity contribution < 1.29 is 92.6 Å². The van der Waals surface area contributed by atoms with Crippen LogP contribution in [0.15, 0.2) is 0 Å². The number of hydrogen-bond donors (Lipinski definition) is 0. The Balaban J connectivity index is 3.25. The molecule has 97 heavy (non-hydrogen) atoms. The van der Waals surface area contributed by atoms with Crippen molar-refractivity contribution in [2.24, 2.45) is 0 Å². The zero-order valence-electron chi connectivity index (χ0n) is 62.6. The van der Waals surface area contributed by atoms with Crippen LogP contribution in [-0.2, 0) is 94.6 Å². The fourth-order valence-electron chi connectivity index (χ4n) is 10.1. The fraction of sp³-hybridized carbons (Fsp3) is 1.00. The van der Waals surface area contributed by atoms with E-state index in [1.54, 1.807) is 0 Å². The van der Waals surface area contributed by atoms with Crippen molar-refractivity contribution in [1.82, 2.24) is 0 Å². The topological polar surface area (TPSA) is 200 Å². The lowest BCUT2D eigenvalue weighted by atomic mass is 10.0. The summed E-state index contributed by atoms with van der Waals surface area (Å²) in [5.74, 6) is 2.07. The zero-order valence-corrected chi connectivity index (χ0v) is 65.1. The summed E-state index contributed by atoms with van der Waals surface area (Å²) in [7, 11) is -4.17. The molecule has 20 nitrogen and oxygen atoms in total. The van der Waals surface area contributed by atoms with Crippen molar-refractivity contribution in [2.45, 2.75) is 244 Å². The average molecular weight is 1460 g/mol. The van der Waals surface area contributed by atoms with Crippen molar-refractivity contribution in [3.8, 4) is 0 Å². The lowest BCUT2D eigenvalue weighted by Gasteiger charge is -2.11. The van der Waals surface area contributed by atoms with Gasteiger partial charge in [-0.1, -0.05) is 220 Å². The van der Waals surface area contributed by atoms with Gasteiger partial charge in [0.2, 0.25) is 0 Å². The summed E-state index contributed by atoms with van der Waals surface area (Å²) in [6.45, 7) is 23.6. The summed E-state index contributed by atoms with van der Waals surface area (Å²) in [5, 5.41) is 1.39. The molecule has 0 amide bonds. The van der Waals surface area contributed by atoms with Gasteiger partial charge in [-0.3, -0.25) is 0 Å². The Bertz CT molecular complexity index is 1440. The van der Waals surface area contributed by atoms with Gasteiger partial charge in [0.1, 0.15) is 0 Å². The maximum atomic E-state index is 12.0. The van der Waals surface area contributed by atoms with E-state index in [1.807, 2.05) is 23.5 Å². The number of ether oxygens (including phenoxy) is 16. The third kappa shape index (κ3) is 88.3. The maximum absolute atomic E-state index is 12.0. The first kappa shape index (κ1) is 96.9. The number of rotatable bonds is 90. The summed E-state index contributed by atoms with van der Waals surface area (Å²) in [4.78, 5) is 0. The third-order valence-corrected chi connectivity index (χ3v) is 19.1. The van der Waals surface area contributed by atoms with Gasteiger partial charge in [0.15, 0.2) is 0 Å². The maximum Gasteiger partial charge on any atom is 0.400 e. The predicted molar refractivity (Wildman–Crippen MR) is 397 cm³/mol. The van der Waals surface area contributed by atoms with E-state index in [0.29, 0.717) is 182 Å². The van der Waals surface area contributed by atoms with Crippen LogP contribution in [0.3, 0.4) is 0 Å². The predicted octanol–water partition coefficient (Wildman–Crippen LogP) is 15.3. The molecule has 0 aliphatic carbocycles. The highest BCUT2D eigenvalue weighted by Gasteiger charge is 2.12. The molecule has 0 heterocycles. The van der Waals surface area contributed by atoms with E-state index >= 15 is 0 Å². The first-order valence-electron chi connectivity index (χ1n) is 38.9. The van der Waals surface area contributed by atoms with Crippen molar-refractivity contribution in [1.29, 1.82) is 0 Å². The Morgan fingerprint density at radius 1 is 0.206 bits per heavy atom. The average Bonchev–Trinajstić information content (AvgIpc) is 2.75. The molecule has 0 N–H and O–H groups in total. The van der Waals surface area contributed by atoms with E-state index in [4.69, 9.17) is 84.2 Å². The summed E-state index contributed by atoms with van der Waals surface area (Å²) in [6, 6.07) is 0. The minimum absolute atomic E-state index is 0.0596. The lowest BCUT2D eigenvalue weighted by molar-refractivity contribution is -0.0238. The van der Waals surface area contributed by atoms with Crippen LogP contribution >= 0.6 is 23.5 Å². The van der Waals surface area contributed by atoms with E-state index in [2.05, 4.69) is 27.7 Å². The van der Waals surface area contributed by atoms with E-state index in [0.717, 1.165) is 24.7 Å². The molecule has 23 heteroatoms. The molecule has 0 aromatic heterocycles. The van der Waals surface area contributed by atoms with Gasteiger partial charge >= 0.3 is 10.4 Å². The molecule has 584 valence electrons. The highest BCUT2D eigenvalue weighted by atomic mass is 32.3. The van der Waals surface area contributed by atoms with Gasteiger partial charge in [-0.2, -0.15) is 31.9 Å². The molecule has 2 unspecified atom stereocenters.